The number of nitrogens with zero attached hydrogens (tertiary/aromatic N) is 24. The molecule has 0 fully saturated rings. The zero-order valence-corrected chi connectivity index (χ0v) is 52.3. The smallest absolute Gasteiger partial charge is 0.246 e. The van der Waals surface area contributed by atoms with Crippen LogP contribution in [0.4, 0.5) is 0 Å². The van der Waals surface area contributed by atoms with Crippen molar-refractivity contribution < 1.29 is 0 Å². The van der Waals surface area contributed by atoms with Crippen molar-refractivity contribution in [2.45, 2.75) is 144 Å². The zero-order chi connectivity index (χ0) is 52.2. The van der Waals surface area contributed by atoms with Gasteiger partial charge in [0.05, 0.1) is 0 Å². The van der Waals surface area contributed by atoms with E-state index in [4.69, 9.17) is 46.9 Å². The maximum absolute atomic E-state index is 6.10. The molecule has 1 aliphatic heterocycles. The van der Waals surface area contributed by atoms with Gasteiger partial charge in [-0.1, -0.05) is 119 Å². The van der Waals surface area contributed by atoms with Gasteiger partial charge in [-0.2, -0.15) is 37.9 Å². The Kier molecular flexibility index (Phi) is 32.6. The summed E-state index contributed by atoms with van der Waals surface area (Å²) in [5, 5.41) is 13.0. The van der Waals surface area contributed by atoms with Crippen molar-refractivity contribution in [3.63, 3.8) is 0 Å². The Bertz CT molecular complexity index is 2040. The Balaban J connectivity index is 5.74. The lowest BCUT2D eigenvalue weighted by Crippen LogP contribution is -2.41. The highest BCUT2D eigenvalue weighted by Gasteiger charge is 2.47. The van der Waals surface area contributed by atoms with E-state index >= 15 is 0 Å². The second-order valence-corrected chi connectivity index (χ2v) is 29.5. The Hall–Kier alpha value is -1.31. The molecule has 0 aromatic rings. The van der Waals surface area contributed by atoms with Crippen LogP contribution in [0.15, 0.2) is 86.5 Å². The first kappa shape index (κ1) is 65.7. The first-order valence-electron chi connectivity index (χ1n) is 24.3. The van der Waals surface area contributed by atoms with Crippen molar-refractivity contribution in [3.8, 4) is 0 Å². The van der Waals surface area contributed by atoms with Crippen molar-refractivity contribution in [1.82, 2.24) is 28.0 Å². The van der Waals surface area contributed by atoms with Gasteiger partial charge in [0.25, 0.3) is 0 Å². The van der Waals surface area contributed by atoms with Crippen LogP contribution in [0.3, 0.4) is 0 Å². The quantitative estimate of drug-likeness (QED) is 0.0268. The fourth-order valence-corrected chi connectivity index (χ4v) is 30.2. The van der Waals surface area contributed by atoms with E-state index in [1.165, 1.54) is 0 Å². The Morgan fingerprint density at radius 1 is 0.391 bits per heavy atom. The molecule has 0 N–H and O–H groups in total. The summed E-state index contributed by atoms with van der Waals surface area (Å²) in [5.41, 5.74) is 2.54. The van der Waals surface area contributed by atoms with E-state index in [1.54, 1.807) is 0 Å². The van der Waals surface area contributed by atoms with Gasteiger partial charge < -0.3 is 0 Å². The van der Waals surface area contributed by atoms with Crippen molar-refractivity contribution in [3.05, 3.63) is 0 Å². The molecule has 2 atom stereocenters. The minimum Gasteiger partial charge on any atom is -0.246 e. The molecule has 0 amide bonds. The lowest BCUT2D eigenvalue weighted by molar-refractivity contribution is 0.340. The van der Waals surface area contributed by atoms with E-state index in [0.717, 1.165) is 36.4 Å². The Morgan fingerprint density at radius 2 is 0.623 bits per heavy atom. The average Bonchev–Trinajstić information content (AvgIpc) is 3.35. The van der Waals surface area contributed by atoms with Gasteiger partial charge >= 0.3 is 22.5 Å². The third kappa shape index (κ3) is 18.0. The summed E-state index contributed by atoms with van der Waals surface area (Å²) >= 11 is 0. The predicted octanol–water partition coefficient (Wildman–Crippen LogP) is 18.3. The summed E-state index contributed by atoms with van der Waals surface area (Å²) < 4.78 is 48.5. The van der Waals surface area contributed by atoms with Crippen LogP contribution in [-0.4, -0.2) is 130 Å². The molecule has 32 heteroatoms. The molecular weight excluding hydrogens is 1030 g/mol. The van der Waals surface area contributed by atoms with Crippen LogP contribution in [-0.2, 0) is 0 Å². The van der Waals surface area contributed by atoms with Crippen LogP contribution < -0.4 is 0 Å². The highest BCUT2D eigenvalue weighted by atomic mass is 31.3. The largest absolute Gasteiger partial charge is 0.348 e. The summed E-state index contributed by atoms with van der Waals surface area (Å²) in [5.74, 6) is 0. The molecule has 1 heterocycles. The molecule has 69 heavy (non-hydrogen) atoms. The number of rotatable bonds is 33. The van der Waals surface area contributed by atoms with Crippen molar-refractivity contribution in [2.24, 2.45) is 86.5 Å². The van der Waals surface area contributed by atoms with Crippen LogP contribution in [0.1, 0.15) is 144 Å². The van der Waals surface area contributed by atoms with Gasteiger partial charge in [-0.15, -0.1) is 29.2 Å². The third-order valence-electron chi connectivity index (χ3n) is 10.9. The maximum atomic E-state index is 6.10. The molecule has 0 aliphatic carbocycles. The molecule has 2 unspecified atom stereocenters. The lowest BCUT2D eigenvalue weighted by atomic mass is 10.3. The van der Waals surface area contributed by atoms with Crippen LogP contribution in [0, 0.1) is 0 Å². The van der Waals surface area contributed by atoms with E-state index in [2.05, 4.69) is 157 Å². The second kappa shape index (κ2) is 34.2. The van der Waals surface area contributed by atoms with E-state index in [-0.39, 0.29) is 25.6 Å². The Morgan fingerprint density at radius 3 is 0.870 bits per heavy atom. The monoisotopic (exact) mass is 1110 g/mol. The molecule has 0 aromatic heterocycles. The normalized spacial score (nSPS) is 21.6. The second-order valence-electron chi connectivity index (χ2n) is 14.7. The maximum Gasteiger partial charge on any atom is 0.348 e. The summed E-state index contributed by atoms with van der Waals surface area (Å²) in [6.45, 7) is 50.3. The van der Waals surface area contributed by atoms with Crippen molar-refractivity contribution in [2.75, 3.05) is 78.5 Å². The average molecular weight is 1120 g/mol. The molecule has 394 valence electrons. The van der Waals surface area contributed by atoms with Gasteiger partial charge in [0.2, 0.25) is 25.6 Å². The number of hydrogen-bond acceptors (Lipinski definition) is 12. The first-order chi connectivity index (χ1) is 33.1. The van der Waals surface area contributed by atoms with Gasteiger partial charge in [-0.05, 0) is 46.8 Å². The SMILES string of the molecule is C=NP1(N=P(N(CC)CC)(N(CC)CC)N(CC)CC)=NP(N=NP=N/N=C(\C)CC)(N=NP=N/N=C(\C)CC)=NP(N=NP=N/N=C(\C)CC)(N=P(N(CC)CC)(N(CC)CC)N(CC)CC)=N1. The van der Waals surface area contributed by atoms with E-state index < -0.39 is 37.5 Å². The summed E-state index contributed by atoms with van der Waals surface area (Å²) in [6, 6.07) is 0. The van der Waals surface area contributed by atoms with Crippen LogP contribution in [0.2, 0.25) is 0 Å². The topological polar surface area (TPSA) is 242 Å². The molecule has 1 aliphatic rings. The standard InChI is InChI=1S/C37H86N24P8/c1-20-35(16)39-42-62-45-48-66(49-46-63-43-40-36(17)21-2)51-65(38-19,54-68(56(23-4)24-5,57(25-6)26-7)58(27-8)28-9)52-67(53-66,50-47-64-44-41-37(18)22-3)55-69(59(29-10)30-11,60(31-12)32-13)61(33-14)34-15/h19-34H2,1-18H3/b39-35+,40-36+,41-37+,48-45?,49-46?,50-47?. The molecule has 0 saturated carbocycles. The van der Waals surface area contributed by atoms with Gasteiger partial charge in [0.1, 0.15) is 0 Å². The van der Waals surface area contributed by atoms with E-state index in [0.29, 0.717) is 78.5 Å². The molecule has 24 nitrogen and oxygen atoms in total. The van der Waals surface area contributed by atoms with Gasteiger partial charge in [0, 0.05) is 95.7 Å². The van der Waals surface area contributed by atoms with Gasteiger partial charge in [0.15, 0.2) is 15.0 Å². The lowest BCUT2D eigenvalue weighted by Gasteiger charge is -2.49. The summed E-state index contributed by atoms with van der Waals surface area (Å²) in [6.07, 6.45) is 2.20. The molecule has 0 aromatic carbocycles. The molecular formula is C37H86N24P8. The highest BCUT2D eigenvalue weighted by Crippen LogP contribution is 2.86. The van der Waals surface area contributed by atoms with Gasteiger partial charge in [-0.25, -0.2) is 32.8 Å². The molecule has 0 saturated heterocycles. The highest BCUT2D eigenvalue weighted by molar-refractivity contribution is 7.88. The van der Waals surface area contributed by atoms with Crippen LogP contribution in [0.5, 0.6) is 0 Å². The predicted molar refractivity (Wildman–Crippen MR) is 307 cm³/mol. The summed E-state index contributed by atoms with van der Waals surface area (Å²) in [7, 11) is -17.2. The van der Waals surface area contributed by atoms with Crippen LogP contribution in [0.25, 0.3) is 0 Å². The van der Waals surface area contributed by atoms with Crippen molar-refractivity contribution in [1.29, 1.82) is 0 Å². The molecule has 0 radical (unpaired) electrons. The molecule has 0 bridgehead atoms. The molecule has 0 spiro atoms. The zero-order valence-electron chi connectivity index (χ0n) is 45.1. The minimum atomic E-state index is -4.01. The number of hydrogen-bond donors (Lipinski definition) is 0. The fourth-order valence-electron chi connectivity index (χ4n) is 6.96. The summed E-state index contributed by atoms with van der Waals surface area (Å²) in [4.78, 5) is 42.0. The first-order valence-corrected chi connectivity index (χ1v) is 34.7. The van der Waals surface area contributed by atoms with Crippen LogP contribution >= 0.6 is 63.1 Å². The third-order valence-corrected chi connectivity index (χ3v) is 31.3. The molecule has 1 rings (SSSR count). The fraction of sp³-hybridized carbons (Fsp3) is 0.892. The van der Waals surface area contributed by atoms with E-state index in [1.807, 2.05) is 41.5 Å². The minimum absolute atomic E-state index is 0.185. The Labute approximate surface area is 422 Å². The van der Waals surface area contributed by atoms with Gasteiger partial charge in [-0.3, -0.25) is 0 Å². The van der Waals surface area contributed by atoms with Crippen molar-refractivity contribution >= 4 is 87.0 Å². The van der Waals surface area contributed by atoms with E-state index in [9.17, 15) is 0 Å².